The van der Waals surface area contributed by atoms with Crippen molar-refractivity contribution in [2.45, 2.75) is 38.3 Å². The van der Waals surface area contributed by atoms with Crippen LogP contribution in [-0.4, -0.2) is 33.8 Å². The number of hydrogen-bond donors (Lipinski definition) is 1. The van der Waals surface area contributed by atoms with Gasteiger partial charge in [0.15, 0.2) is 0 Å². The number of piperidine rings is 1. The first-order chi connectivity index (χ1) is 11.8. The van der Waals surface area contributed by atoms with Crippen molar-refractivity contribution >= 4 is 6.03 Å². The van der Waals surface area contributed by atoms with Crippen LogP contribution >= 0.6 is 0 Å². The van der Waals surface area contributed by atoms with Crippen molar-refractivity contribution < 1.29 is 4.79 Å². The largest absolute Gasteiger partial charge is 0.331 e. The molecule has 0 unspecified atom stereocenters. The summed E-state index contributed by atoms with van der Waals surface area (Å²) in [4.78, 5) is 14.6. The molecule has 2 heterocycles. The number of nitrogens with zero attached hydrogens (tertiary/aromatic N) is 3. The SMILES string of the molecule is O=C(N[C@@H]1CCc2ccccc21)N1CCC(Cn2cccn2)CC1. The van der Waals surface area contributed by atoms with Crippen molar-refractivity contribution in [3.63, 3.8) is 0 Å². The van der Waals surface area contributed by atoms with Gasteiger partial charge in [-0.3, -0.25) is 4.68 Å². The van der Waals surface area contributed by atoms with E-state index in [1.807, 2.05) is 28.0 Å². The maximum Gasteiger partial charge on any atom is 0.317 e. The number of aromatic nitrogens is 2. The fourth-order valence-electron chi connectivity index (χ4n) is 3.94. The molecular weight excluding hydrogens is 300 g/mol. The Labute approximate surface area is 142 Å². The Balaban J connectivity index is 1.29. The Morgan fingerprint density at radius 2 is 2.00 bits per heavy atom. The molecule has 0 bridgehead atoms. The number of amides is 2. The average molecular weight is 324 g/mol. The van der Waals surface area contributed by atoms with Gasteiger partial charge in [-0.25, -0.2) is 4.79 Å². The highest BCUT2D eigenvalue weighted by Crippen LogP contribution is 2.31. The number of aryl methyl sites for hydroxylation is 1. The third kappa shape index (κ3) is 3.16. The highest BCUT2D eigenvalue weighted by atomic mass is 16.2. The lowest BCUT2D eigenvalue weighted by Crippen LogP contribution is -2.45. The van der Waals surface area contributed by atoms with Crippen molar-refractivity contribution in [1.82, 2.24) is 20.0 Å². The van der Waals surface area contributed by atoms with Crippen LogP contribution in [-0.2, 0) is 13.0 Å². The first-order valence-corrected chi connectivity index (χ1v) is 8.90. The number of likely N-dealkylation sites (tertiary alicyclic amines) is 1. The van der Waals surface area contributed by atoms with Gasteiger partial charge in [-0.1, -0.05) is 24.3 Å². The van der Waals surface area contributed by atoms with Crippen LogP contribution in [0.4, 0.5) is 4.79 Å². The molecule has 0 spiro atoms. The second-order valence-corrected chi connectivity index (χ2v) is 6.90. The standard InChI is InChI=1S/C19H24N4O/c24-19(21-18-7-6-16-4-1-2-5-17(16)18)22-12-8-15(9-13-22)14-23-11-3-10-20-23/h1-5,10-11,15,18H,6-9,12-14H2,(H,21,24)/t18-/m1/s1. The van der Waals surface area contributed by atoms with E-state index in [1.54, 1.807) is 0 Å². The molecule has 4 rings (SSSR count). The molecule has 126 valence electrons. The van der Waals surface area contributed by atoms with Crippen LogP contribution in [0.3, 0.4) is 0 Å². The van der Waals surface area contributed by atoms with Gasteiger partial charge >= 0.3 is 6.03 Å². The van der Waals surface area contributed by atoms with Gasteiger partial charge in [-0.15, -0.1) is 0 Å². The lowest BCUT2D eigenvalue weighted by molar-refractivity contribution is 0.161. The minimum atomic E-state index is 0.0919. The van der Waals surface area contributed by atoms with Crippen LogP contribution in [0.2, 0.25) is 0 Å². The van der Waals surface area contributed by atoms with E-state index in [9.17, 15) is 4.79 Å². The number of carbonyl (C=O) groups excluding carboxylic acids is 1. The second kappa shape index (κ2) is 6.67. The summed E-state index contributed by atoms with van der Waals surface area (Å²) in [7, 11) is 0. The van der Waals surface area contributed by atoms with Crippen molar-refractivity contribution in [3.8, 4) is 0 Å². The Morgan fingerprint density at radius 3 is 2.79 bits per heavy atom. The van der Waals surface area contributed by atoms with Crippen molar-refractivity contribution in [2.75, 3.05) is 13.1 Å². The van der Waals surface area contributed by atoms with Gasteiger partial charge < -0.3 is 10.2 Å². The molecular formula is C19H24N4O. The zero-order valence-electron chi connectivity index (χ0n) is 13.9. The number of fused-ring (bicyclic) bond motifs is 1. The molecule has 1 aromatic carbocycles. The molecule has 2 amide bonds. The predicted octanol–water partition coefficient (Wildman–Crippen LogP) is 2.99. The van der Waals surface area contributed by atoms with Crippen LogP contribution in [0.15, 0.2) is 42.7 Å². The summed E-state index contributed by atoms with van der Waals surface area (Å²) >= 11 is 0. The number of benzene rings is 1. The van der Waals surface area contributed by atoms with Gasteiger partial charge in [0, 0.05) is 32.0 Å². The highest BCUT2D eigenvalue weighted by molar-refractivity contribution is 5.75. The Morgan fingerprint density at radius 1 is 1.17 bits per heavy atom. The third-order valence-corrected chi connectivity index (χ3v) is 5.34. The molecule has 0 radical (unpaired) electrons. The zero-order valence-corrected chi connectivity index (χ0v) is 13.9. The lowest BCUT2D eigenvalue weighted by Gasteiger charge is -2.33. The smallest absolute Gasteiger partial charge is 0.317 e. The quantitative estimate of drug-likeness (QED) is 0.943. The molecule has 5 nitrogen and oxygen atoms in total. The summed E-state index contributed by atoms with van der Waals surface area (Å²) in [6.07, 6.45) is 8.01. The fraction of sp³-hybridized carbons (Fsp3) is 0.474. The van der Waals surface area contributed by atoms with E-state index < -0.39 is 0 Å². The first-order valence-electron chi connectivity index (χ1n) is 8.90. The number of rotatable bonds is 3. The lowest BCUT2D eigenvalue weighted by atomic mass is 9.97. The molecule has 1 aliphatic carbocycles. The van der Waals surface area contributed by atoms with Crippen LogP contribution in [0.1, 0.15) is 36.4 Å². The molecule has 1 fully saturated rings. The van der Waals surface area contributed by atoms with Crippen molar-refractivity contribution in [3.05, 3.63) is 53.9 Å². The molecule has 5 heteroatoms. The minimum absolute atomic E-state index is 0.0919. The molecule has 1 atom stereocenters. The zero-order chi connectivity index (χ0) is 16.4. The van der Waals surface area contributed by atoms with E-state index >= 15 is 0 Å². The molecule has 24 heavy (non-hydrogen) atoms. The number of carbonyl (C=O) groups is 1. The normalized spacial score (nSPS) is 20.8. The summed E-state index contributed by atoms with van der Waals surface area (Å²) in [5, 5.41) is 7.51. The molecule has 0 saturated carbocycles. The third-order valence-electron chi connectivity index (χ3n) is 5.34. The molecule has 1 aliphatic heterocycles. The molecule has 1 N–H and O–H groups in total. The summed E-state index contributed by atoms with van der Waals surface area (Å²) in [5.74, 6) is 0.612. The van der Waals surface area contributed by atoms with Crippen molar-refractivity contribution in [2.24, 2.45) is 5.92 Å². The average Bonchev–Trinajstić information content (AvgIpc) is 3.26. The Hall–Kier alpha value is -2.30. The highest BCUT2D eigenvalue weighted by Gasteiger charge is 2.27. The van der Waals surface area contributed by atoms with E-state index in [1.165, 1.54) is 11.1 Å². The maximum atomic E-state index is 12.6. The topological polar surface area (TPSA) is 50.2 Å². The molecule has 2 aliphatic rings. The van der Waals surface area contributed by atoms with Crippen LogP contribution in [0.25, 0.3) is 0 Å². The summed E-state index contributed by atoms with van der Waals surface area (Å²) < 4.78 is 2.00. The second-order valence-electron chi connectivity index (χ2n) is 6.90. The van der Waals surface area contributed by atoms with Gasteiger partial charge in [-0.2, -0.15) is 5.10 Å². The van der Waals surface area contributed by atoms with E-state index in [2.05, 4.69) is 34.7 Å². The van der Waals surface area contributed by atoms with Gasteiger partial charge in [0.25, 0.3) is 0 Å². The summed E-state index contributed by atoms with van der Waals surface area (Å²) in [5.41, 5.74) is 2.67. The Kier molecular flexibility index (Phi) is 4.24. The number of hydrogen-bond acceptors (Lipinski definition) is 2. The molecule has 1 saturated heterocycles. The number of urea groups is 1. The van der Waals surface area contributed by atoms with Gasteiger partial charge in [0.05, 0.1) is 6.04 Å². The monoisotopic (exact) mass is 324 g/mol. The predicted molar refractivity (Wildman–Crippen MR) is 92.6 cm³/mol. The molecule has 2 aromatic rings. The van der Waals surface area contributed by atoms with E-state index in [4.69, 9.17) is 0 Å². The van der Waals surface area contributed by atoms with Crippen LogP contribution in [0, 0.1) is 5.92 Å². The van der Waals surface area contributed by atoms with Crippen molar-refractivity contribution in [1.29, 1.82) is 0 Å². The number of nitrogens with one attached hydrogen (secondary N) is 1. The summed E-state index contributed by atoms with van der Waals surface area (Å²) in [6.45, 7) is 2.64. The molecule has 1 aromatic heterocycles. The first kappa shape index (κ1) is 15.2. The minimum Gasteiger partial charge on any atom is -0.331 e. The van der Waals surface area contributed by atoms with Crippen LogP contribution in [0.5, 0.6) is 0 Å². The van der Waals surface area contributed by atoms with E-state index in [0.717, 1.165) is 45.3 Å². The fourth-order valence-corrected chi connectivity index (χ4v) is 3.94. The summed E-state index contributed by atoms with van der Waals surface area (Å²) in [6, 6.07) is 10.7. The van der Waals surface area contributed by atoms with Gasteiger partial charge in [0.1, 0.15) is 0 Å². The van der Waals surface area contributed by atoms with Crippen LogP contribution < -0.4 is 5.32 Å². The maximum absolute atomic E-state index is 12.6. The van der Waals surface area contributed by atoms with Gasteiger partial charge in [0.2, 0.25) is 0 Å². The van der Waals surface area contributed by atoms with E-state index in [0.29, 0.717) is 5.92 Å². The Bertz CT molecular complexity index is 689. The van der Waals surface area contributed by atoms with E-state index in [-0.39, 0.29) is 12.1 Å². The van der Waals surface area contributed by atoms with Gasteiger partial charge in [-0.05, 0) is 48.8 Å².